The normalized spacial score (nSPS) is 12.2. The van der Waals surface area contributed by atoms with E-state index in [1.807, 2.05) is 0 Å². The molecule has 0 saturated heterocycles. The summed E-state index contributed by atoms with van der Waals surface area (Å²) in [6.45, 7) is 2.48. The zero-order chi connectivity index (χ0) is 13.5. The molecule has 0 spiro atoms. The van der Waals surface area contributed by atoms with Crippen LogP contribution in [0.15, 0.2) is 18.2 Å². The van der Waals surface area contributed by atoms with Gasteiger partial charge in [-0.25, -0.2) is 0 Å². The Morgan fingerprint density at radius 2 is 2.17 bits per heavy atom. The Labute approximate surface area is 116 Å². The zero-order valence-corrected chi connectivity index (χ0v) is 11.6. The molecule has 0 aliphatic rings. The topological polar surface area (TPSA) is 52.4 Å². The Morgan fingerprint density at radius 1 is 1.44 bits per heavy atom. The van der Waals surface area contributed by atoms with Gasteiger partial charge in [0.25, 0.3) is 0 Å². The third-order valence-corrected chi connectivity index (χ3v) is 3.04. The molecule has 1 rings (SSSR count). The minimum Gasteiger partial charge on any atom is -0.487 e. The van der Waals surface area contributed by atoms with E-state index < -0.39 is 4.92 Å². The van der Waals surface area contributed by atoms with E-state index in [1.54, 1.807) is 0 Å². The summed E-state index contributed by atoms with van der Waals surface area (Å²) < 4.78 is 5.43. The third kappa shape index (κ3) is 4.70. The lowest BCUT2D eigenvalue weighted by atomic mass is 10.1. The number of nitro benzene ring substituents is 1. The van der Waals surface area contributed by atoms with Crippen LogP contribution in [0.1, 0.15) is 19.8 Å². The van der Waals surface area contributed by atoms with Crippen LogP contribution < -0.4 is 4.74 Å². The minimum absolute atomic E-state index is 0.0654. The van der Waals surface area contributed by atoms with Crippen molar-refractivity contribution < 1.29 is 9.66 Å². The van der Waals surface area contributed by atoms with E-state index in [0.29, 0.717) is 23.4 Å². The van der Waals surface area contributed by atoms with Gasteiger partial charge in [-0.1, -0.05) is 18.5 Å². The van der Waals surface area contributed by atoms with Crippen LogP contribution in [0.25, 0.3) is 0 Å². The van der Waals surface area contributed by atoms with E-state index in [-0.39, 0.29) is 11.4 Å². The summed E-state index contributed by atoms with van der Waals surface area (Å²) in [5.74, 6) is 1.25. The number of benzene rings is 1. The molecule has 0 aliphatic heterocycles. The Kier molecular flexibility index (Phi) is 6.22. The minimum atomic E-state index is -0.478. The van der Waals surface area contributed by atoms with E-state index in [4.69, 9.17) is 27.9 Å². The molecule has 0 aliphatic carbocycles. The number of ether oxygens (including phenoxy) is 1. The van der Waals surface area contributed by atoms with Crippen LogP contribution in [0.4, 0.5) is 5.69 Å². The van der Waals surface area contributed by atoms with Gasteiger partial charge in [-0.2, -0.15) is 0 Å². The molecule has 0 saturated carbocycles. The number of hydrogen-bond donors (Lipinski definition) is 0. The highest BCUT2D eigenvalue weighted by atomic mass is 35.5. The summed E-state index contributed by atoms with van der Waals surface area (Å²) in [5, 5.41) is 11.2. The van der Waals surface area contributed by atoms with Crippen molar-refractivity contribution in [3.8, 4) is 5.75 Å². The molecule has 1 unspecified atom stereocenters. The van der Waals surface area contributed by atoms with Crippen LogP contribution in [0, 0.1) is 16.0 Å². The van der Waals surface area contributed by atoms with Crippen molar-refractivity contribution in [1.29, 1.82) is 0 Å². The van der Waals surface area contributed by atoms with Gasteiger partial charge in [-0.05, 0) is 24.8 Å². The quantitative estimate of drug-likeness (QED) is 0.428. The fraction of sp³-hybridized carbons (Fsp3) is 0.500. The molecule has 0 amide bonds. The lowest BCUT2D eigenvalue weighted by Crippen LogP contribution is -2.06. The van der Waals surface area contributed by atoms with Crippen LogP contribution in [0.5, 0.6) is 5.75 Å². The number of alkyl halides is 1. The first-order chi connectivity index (χ1) is 8.54. The molecule has 0 fully saturated rings. The monoisotopic (exact) mass is 291 g/mol. The molecular formula is C12H15Cl2NO3. The first-order valence-electron chi connectivity index (χ1n) is 5.67. The number of nitrogens with zero attached hydrogens (tertiary/aromatic N) is 1. The van der Waals surface area contributed by atoms with E-state index in [9.17, 15) is 10.1 Å². The van der Waals surface area contributed by atoms with Gasteiger partial charge in [0, 0.05) is 23.0 Å². The highest BCUT2D eigenvalue weighted by molar-refractivity contribution is 6.30. The molecule has 100 valence electrons. The Bertz CT molecular complexity index is 412. The van der Waals surface area contributed by atoms with Crippen LogP contribution >= 0.6 is 23.2 Å². The highest BCUT2D eigenvalue weighted by Crippen LogP contribution is 2.30. The van der Waals surface area contributed by atoms with Crippen molar-refractivity contribution in [1.82, 2.24) is 0 Å². The number of nitro groups is 1. The largest absolute Gasteiger partial charge is 0.487 e. The molecule has 6 heteroatoms. The van der Waals surface area contributed by atoms with Gasteiger partial charge in [-0.3, -0.25) is 10.1 Å². The summed E-state index contributed by atoms with van der Waals surface area (Å²) in [7, 11) is 0. The highest BCUT2D eigenvalue weighted by Gasteiger charge is 2.15. The predicted octanol–water partition coefficient (Wildman–Crippen LogP) is 4.28. The second-order valence-corrected chi connectivity index (χ2v) is 4.90. The average molecular weight is 292 g/mol. The van der Waals surface area contributed by atoms with Gasteiger partial charge < -0.3 is 4.74 Å². The van der Waals surface area contributed by atoms with Crippen molar-refractivity contribution in [3.05, 3.63) is 33.3 Å². The molecule has 1 aromatic rings. The van der Waals surface area contributed by atoms with Crippen molar-refractivity contribution in [2.24, 2.45) is 5.92 Å². The van der Waals surface area contributed by atoms with Crippen LogP contribution in [0.3, 0.4) is 0 Å². The molecule has 0 radical (unpaired) electrons. The Balaban J connectivity index is 2.60. The molecular weight excluding hydrogens is 277 g/mol. The maximum atomic E-state index is 10.8. The van der Waals surface area contributed by atoms with Gasteiger partial charge in [0.05, 0.1) is 11.5 Å². The standard InChI is InChI=1S/C12H15Cl2NO3/c1-9(4-6-13)5-7-18-12-8-10(14)2-3-11(12)15(16)17/h2-3,8-9H,4-7H2,1H3. The lowest BCUT2D eigenvalue weighted by Gasteiger charge is -2.11. The second kappa shape index (κ2) is 7.44. The van der Waals surface area contributed by atoms with Gasteiger partial charge >= 0.3 is 5.69 Å². The number of hydrogen-bond acceptors (Lipinski definition) is 3. The van der Waals surface area contributed by atoms with Crippen LogP contribution in [0.2, 0.25) is 5.02 Å². The predicted molar refractivity (Wildman–Crippen MR) is 72.7 cm³/mol. The van der Waals surface area contributed by atoms with E-state index in [2.05, 4.69) is 6.92 Å². The summed E-state index contributed by atoms with van der Waals surface area (Å²) in [6.07, 6.45) is 1.71. The maximum Gasteiger partial charge on any atom is 0.311 e. The molecule has 0 heterocycles. The summed E-state index contributed by atoms with van der Waals surface area (Å²) in [4.78, 5) is 10.3. The maximum absolute atomic E-state index is 10.8. The first-order valence-corrected chi connectivity index (χ1v) is 6.58. The molecule has 0 bridgehead atoms. The van der Waals surface area contributed by atoms with E-state index >= 15 is 0 Å². The van der Waals surface area contributed by atoms with Crippen molar-refractivity contribution in [2.45, 2.75) is 19.8 Å². The van der Waals surface area contributed by atoms with Crippen LogP contribution in [-0.4, -0.2) is 17.4 Å². The smallest absolute Gasteiger partial charge is 0.311 e. The Morgan fingerprint density at radius 3 is 2.78 bits per heavy atom. The summed E-state index contributed by atoms with van der Waals surface area (Å²) >= 11 is 11.4. The molecule has 0 N–H and O–H groups in total. The zero-order valence-electron chi connectivity index (χ0n) is 10.1. The fourth-order valence-corrected chi connectivity index (χ4v) is 1.99. The van der Waals surface area contributed by atoms with Gasteiger partial charge in [-0.15, -0.1) is 11.6 Å². The Hall–Kier alpha value is -1.00. The van der Waals surface area contributed by atoms with Crippen molar-refractivity contribution in [3.63, 3.8) is 0 Å². The molecule has 4 nitrogen and oxygen atoms in total. The molecule has 1 aromatic carbocycles. The molecule has 1 atom stereocenters. The van der Waals surface area contributed by atoms with Gasteiger partial charge in [0.1, 0.15) is 0 Å². The van der Waals surface area contributed by atoms with Crippen molar-refractivity contribution in [2.75, 3.05) is 12.5 Å². The molecule has 0 aromatic heterocycles. The van der Waals surface area contributed by atoms with E-state index in [1.165, 1.54) is 18.2 Å². The van der Waals surface area contributed by atoms with Gasteiger partial charge in [0.2, 0.25) is 0 Å². The van der Waals surface area contributed by atoms with Crippen molar-refractivity contribution >= 4 is 28.9 Å². The third-order valence-electron chi connectivity index (χ3n) is 2.59. The SMILES string of the molecule is CC(CCCl)CCOc1cc(Cl)ccc1[N+](=O)[O-]. The fourth-order valence-electron chi connectivity index (χ4n) is 1.46. The van der Waals surface area contributed by atoms with Gasteiger partial charge in [0.15, 0.2) is 5.75 Å². The number of rotatable bonds is 7. The second-order valence-electron chi connectivity index (χ2n) is 4.09. The molecule has 18 heavy (non-hydrogen) atoms. The number of halogens is 2. The average Bonchev–Trinajstić information content (AvgIpc) is 2.29. The first kappa shape index (κ1) is 15.1. The van der Waals surface area contributed by atoms with Crippen LogP contribution in [-0.2, 0) is 0 Å². The summed E-state index contributed by atoms with van der Waals surface area (Å²) in [5.41, 5.74) is -0.0654. The van der Waals surface area contributed by atoms with E-state index in [0.717, 1.165) is 12.8 Å². The summed E-state index contributed by atoms with van der Waals surface area (Å²) in [6, 6.07) is 4.29. The lowest BCUT2D eigenvalue weighted by molar-refractivity contribution is -0.385.